The fourth-order valence-electron chi connectivity index (χ4n) is 6.82. The predicted molar refractivity (Wildman–Crippen MR) is 179 cm³/mol. The molecule has 0 aromatic carbocycles. The number of aryl methyl sites for hydroxylation is 1. The van der Waals surface area contributed by atoms with Crippen LogP contribution in [0.3, 0.4) is 0 Å². The summed E-state index contributed by atoms with van der Waals surface area (Å²) in [6.45, 7) is 5.40. The Morgan fingerprint density at radius 1 is 1.09 bits per heavy atom. The van der Waals surface area contributed by atoms with Crippen molar-refractivity contribution in [3.8, 4) is 5.82 Å². The topological polar surface area (TPSA) is 122 Å². The number of hydrogen-bond acceptors (Lipinski definition) is 10. The molecular formula is C31H38F3N7O3S3. The molecule has 47 heavy (non-hydrogen) atoms. The number of hydrogen-bond donors (Lipinski definition) is 4. The number of rotatable bonds is 6. The Balaban J connectivity index is 1.27. The SMILES string of the molecule is CC1(C)C[C@@H]2CCCNc3cccc(n3)S(=O)(=O)NC(=O)c3ccc(-n4ccc(CCCC(S)(S)C5(C(F)(F)F)CC5)n4)nc3N1C2. The molecule has 254 valence electrons. The summed E-state index contributed by atoms with van der Waals surface area (Å²) in [6, 6.07) is 9.49. The maximum atomic E-state index is 13.7. The molecule has 10 nitrogen and oxygen atoms in total. The van der Waals surface area contributed by atoms with E-state index in [9.17, 15) is 26.4 Å². The molecule has 3 aromatic rings. The highest BCUT2D eigenvalue weighted by atomic mass is 32.2. The van der Waals surface area contributed by atoms with Crippen LogP contribution >= 0.6 is 25.3 Å². The third-order valence-corrected chi connectivity index (χ3v) is 12.1. The van der Waals surface area contributed by atoms with Gasteiger partial charge in [0, 0.05) is 24.8 Å². The van der Waals surface area contributed by atoms with E-state index in [0.717, 1.165) is 19.3 Å². The number of anilines is 2. The van der Waals surface area contributed by atoms with E-state index in [1.807, 2.05) is 0 Å². The van der Waals surface area contributed by atoms with Crippen molar-refractivity contribution < 1.29 is 26.4 Å². The lowest BCUT2D eigenvalue weighted by Crippen LogP contribution is -2.41. The number of thiol groups is 2. The minimum absolute atomic E-state index is 0.0297. The zero-order valence-electron chi connectivity index (χ0n) is 26.1. The lowest BCUT2D eigenvalue weighted by molar-refractivity contribution is -0.189. The monoisotopic (exact) mass is 709 g/mol. The minimum Gasteiger partial charge on any atom is -0.370 e. The van der Waals surface area contributed by atoms with E-state index in [0.29, 0.717) is 55.0 Å². The van der Waals surface area contributed by atoms with Crippen molar-refractivity contribution in [2.45, 2.75) is 86.0 Å². The highest BCUT2D eigenvalue weighted by Gasteiger charge is 2.71. The van der Waals surface area contributed by atoms with Gasteiger partial charge in [-0.05, 0) is 101 Å². The second-order valence-electron chi connectivity index (χ2n) is 13.4. The summed E-state index contributed by atoms with van der Waals surface area (Å²) >= 11 is 8.65. The molecule has 6 rings (SSSR count). The van der Waals surface area contributed by atoms with Crippen LogP contribution < -0.4 is 14.9 Å². The van der Waals surface area contributed by atoms with Gasteiger partial charge in [-0.2, -0.15) is 51.9 Å². The number of amides is 1. The van der Waals surface area contributed by atoms with Gasteiger partial charge >= 0.3 is 6.18 Å². The number of nitrogens with one attached hydrogen (secondary N) is 2. The smallest absolute Gasteiger partial charge is 0.370 e. The molecule has 2 aliphatic heterocycles. The Bertz CT molecular complexity index is 1770. The quantitative estimate of drug-likeness (QED) is 0.187. The standard InChI is InChI=1S/C31H38F3N7O3S3/c1-28(2)18-20-6-5-16-35-23-8-3-9-25(36-23)47(43,44)39-27(42)22-10-11-24(37-26(22)40(28)19-20)41-17-12-21(38-41)7-4-13-30(45,46)29(14-15-29)31(32,33)34/h3,8-12,17,20,45-46H,4-7,13-16,18-19H2,1-2H3,(H,35,36)(H,39,42)/t20-/m0/s1. The van der Waals surface area contributed by atoms with Gasteiger partial charge in [-0.3, -0.25) is 4.79 Å². The van der Waals surface area contributed by atoms with Gasteiger partial charge in [-0.25, -0.2) is 19.4 Å². The number of fused-ring (bicyclic) bond motifs is 6. The number of carbonyl (C=O) groups is 1. The maximum Gasteiger partial charge on any atom is 0.396 e. The van der Waals surface area contributed by atoms with E-state index >= 15 is 0 Å². The summed E-state index contributed by atoms with van der Waals surface area (Å²) in [5.41, 5.74) is -1.49. The maximum absolute atomic E-state index is 13.7. The normalized spacial score (nSPS) is 22.0. The molecule has 5 heterocycles. The summed E-state index contributed by atoms with van der Waals surface area (Å²) in [4.78, 5) is 24.8. The molecular weight excluding hydrogens is 672 g/mol. The Morgan fingerprint density at radius 2 is 1.85 bits per heavy atom. The largest absolute Gasteiger partial charge is 0.396 e. The zero-order chi connectivity index (χ0) is 33.8. The molecule has 1 saturated heterocycles. The van der Waals surface area contributed by atoms with Crippen LogP contribution in [0.1, 0.15) is 74.8 Å². The number of pyridine rings is 2. The fourth-order valence-corrected chi connectivity index (χ4v) is 8.77. The van der Waals surface area contributed by atoms with Gasteiger partial charge in [-0.15, -0.1) is 0 Å². The minimum atomic E-state index is -4.35. The lowest BCUT2D eigenvalue weighted by atomic mass is 9.93. The molecule has 1 amide bonds. The summed E-state index contributed by atoms with van der Waals surface area (Å²) < 4.78 is 69.7. The van der Waals surface area contributed by atoms with Crippen molar-refractivity contribution in [1.29, 1.82) is 0 Å². The fraction of sp³-hybridized carbons (Fsp3) is 0.548. The summed E-state index contributed by atoms with van der Waals surface area (Å²) in [5, 5.41) is 7.53. The van der Waals surface area contributed by atoms with Gasteiger partial charge in [0.15, 0.2) is 10.8 Å². The molecule has 0 spiro atoms. The van der Waals surface area contributed by atoms with Gasteiger partial charge in [-0.1, -0.05) is 6.07 Å². The lowest BCUT2D eigenvalue weighted by Gasteiger charge is -2.34. The highest BCUT2D eigenvalue weighted by molar-refractivity contribution is 8.00. The van der Waals surface area contributed by atoms with E-state index in [4.69, 9.17) is 4.98 Å². The van der Waals surface area contributed by atoms with Gasteiger partial charge in [0.25, 0.3) is 15.9 Å². The van der Waals surface area contributed by atoms with Crippen LogP contribution in [0.25, 0.3) is 5.82 Å². The van der Waals surface area contributed by atoms with Crippen LogP contribution in [0.4, 0.5) is 24.8 Å². The molecule has 1 saturated carbocycles. The van der Waals surface area contributed by atoms with Crippen molar-refractivity contribution in [2.75, 3.05) is 23.3 Å². The first-order valence-electron chi connectivity index (χ1n) is 15.6. The highest BCUT2D eigenvalue weighted by Crippen LogP contribution is 2.68. The van der Waals surface area contributed by atoms with Crippen molar-refractivity contribution in [1.82, 2.24) is 24.5 Å². The average molecular weight is 710 g/mol. The van der Waals surface area contributed by atoms with Crippen molar-refractivity contribution in [3.63, 3.8) is 0 Å². The number of carbonyl (C=O) groups excluding carboxylic acids is 1. The molecule has 1 atom stereocenters. The zero-order valence-corrected chi connectivity index (χ0v) is 28.7. The average Bonchev–Trinajstić information content (AvgIpc) is 3.63. The molecule has 3 aromatic heterocycles. The van der Waals surface area contributed by atoms with E-state index in [2.05, 4.69) is 64.1 Å². The van der Waals surface area contributed by atoms with Crippen molar-refractivity contribution in [2.24, 2.45) is 11.3 Å². The molecule has 3 aliphatic rings. The Hall–Kier alpha value is -2.98. The Labute approximate surface area is 283 Å². The third kappa shape index (κ3) is 6.69. The molecule has 0 radical (unpaired) electrons. The molecule has 1 aliphatic carbocycles. The second-order valence-corrected chi connectivity index (χ2v) is 16.9. The van der Waals surface area contributed by atoms with Crippen LogP contribution in [-0.4, -0.2) is 63.0 Å². The van der Waals surface area contributed by atoms with Gasteiger partial charge in [0.2, 0.25) is 0 Å². The molecule has 16 heteroatoms. The number of nitrogens with zero attached hydrogens (tertiary/aromatic N) is 5. The molecule has 2 fully saturated rings. The summed E-state index contributed by atoms with van der Waals surface area (Å²) in [5.74, 6) is 0.649. The number of aromatic nitrogens is 4. The first-order chi connectivity index (χ1) is 22.0. The number of halogens is 3. The Kier molecular flexibility index (Phi) is 8.78. The number of sulfonamides is 1. The third-order valence-electron chi connectivity index (χ3n) is 9.54. The molecule has 4 bridgehead atoms. The van der Waals surface area contributed by atoms with Crippen LogP contribution in [0.2, 0.25) is 0 Å². The predicted octanol–water partition coefficient (Wildman–Crippen LogP) is 5.81. The molecule has 0 unspecified atom stereocenters. The molecule has 2 N–H and O–H groups in total. The first kappa shape index (κ1) is 33.9. The summed E-state index contributed by atoms with van der Waals surface area (Å²) in [6.07, 6.45) is 1.00. The number of alkyl halides is 3. The van der Waals surface area contributed by atoms with Gasteiger partial charge in [0.05, 0.1) is 20.8 Å². The van der Waals surface area contributed by atoms with Crippen LogP contribution in [0.15, 0.2) is 47.6 Å². The van der Waals surface area contributed by atoms with Crippen LogP contribution in [0, 0.1) is 11.3 Å². The van der Waals surface area contributed by atoms with Gasteiger partial charge < -0.3 is 10.2 Å². The van der Waals surface area contributed by atoms with Crippen LogP contribution in [0.5, 0.6) is 0 Å². The van der Waals surface area contributed by atoms with Crippen LogP contribution in [-0.2, 0) is 16.4 Å². The van der Waals surface area contributed by atoms with E-state index < -0.39 is 31.6 Å². The van der Waals surface area contributed by atoms with E-state index in [1.54, 1.807) is 41.2 Å². The van der Waals surface area contributed by atoms with E-state index in [1.165, 1.54) is 6.07 Å². The first-order valence-corrected chi connectivity index (χ1v) is 18.0. The van der Waals surface area contributed by atoms with Crippen molar-refractivity contribution >= 4 is 52.8 Å². The van der Waals surface area contributed by atoms with Crippen molar-refractivity contribution in [3.05, 3.63) is 53.9 Å². The van der Waals surface area contributed by atoms with Gasteiger partial charge in [0.1, 0.15) is 11.6 Å². The Morgan fingerprint density at radius 3 is 2.57 bits per heavy atom. The second kappa shape index (κ2) is 12.2. The van der Waals surface area contributed by atoms with E-state index in [-0.39, 0.29) is 35.4 Å². The summed E-state index contributed by atoms with van der Waals surface area (Å²) in [7, 11) is -4.29.